The van der Waals surface area contributed by atoms with Crippen molar-refractivity contribution in [3.8, 4) is 0 Å². The molecular weight excluding hydrogens is 372 g/mol. The van der Waals surface area contributed by atoms with Crippen LogP contribution in [0.5, 0.6) is 0 Å². The van der Waals surface area contributed by atoms with Gasteiger partial charge >= 0.3 is 6.03 Å². The molecule has 3 aliphatic heterocycles. The number of amides is 3. The lowest BCUT2D eigenvalue weighted by molar-refractivity contribution is -0.135. The van der Waals surface area contributed by atoms with Crippen LogP contribution < -0.4 is 10.6 Å². The van der Waals surface area contributed by atoms with Gasteiger partial charge in [-0.1, -0.05) is 13.8 Å². The van der Waals surface area contributed by atoms with E-state index in [1.165, 1.54) is 4.90 Å². The Morgan fingerprint density at radius 1 is 1.31 bits per heavy atom. The van der Waals surface area contributed by atoms with Crippen LogP contribution >= 0.6 is 0 Å². The molecule has 4 rings (SSSR count). The van der Waals surface area contributed by atoms with Gasteiger partial charge in [0.1, 0.15) is 11.4 Å². The average molecular weight is 402 g/mol. The van der Waals surface area contributed by atoms with Crippen LogP contribution in [0.3, 0.4) is 0 Å². The molecular formula is C20H30N6O3. The topological polar surface area (TPSA) is 105 Å². The van der Waals surface area contributed by atoms with Crippen LogP contribution in [0.1, 0.15) is 39.5 Å². The summed E-state index contributed by atoms with van der Waals surface area (Å²) in [5.74, 6) is 1.20. The molecule has 4 heterocycles. The predicted molar refractivity (Wildman–Crippen MR) is 108 cm³/mol. The number of imide groups is 1. The Bertz CT molecular complexity index is 771. The number of anilines is 2. The zero-order chi connectivity index (χ0) is 20.6. The molecule has 9 heteroatoms. The van der Waals surface area contributed by atoms with Crippen LogP contribution in [-0.2, 0) is 9.53 Å². The quantitative estimate of drug-likeness (QED) is 0.744. The first kappa shape index (κ1) is 19.9. The molecule has 0 aromatic carbocycles. The standard InChI is InChI=1S/C20H30N6O3/c1-14(2)12-26-19(28)25(13-15-4-3-11-29-15)17(27)20(26)6-9-24(10-7-20)18-22-8-5-16(21)23-18/h5,8,14-15H,3-4,6-7,9-13H2,1-2H3,(H2,21,22,23). The van der Waals surface area contributed by atoms with Gasteiger partial charge in [0.15, 0.2) is 0 Å². The van der Waals surface area contributed by atoms with Crippen LogP contribution in [0.15, 0.2) is 12.3 Å². The van der Waals surface area contributed by atoms with Crippen LogP contribution in [0, 0.1) is 5.92 Å². The summed E-state index contributed by atoms with van der Waals surface area (Å²) in [6.07, 6.45) is 4.60. The Kier molecular flexibility index (Phi) is 5.33. The fourth-order valence-electron chi connectivity index (χ4n) is 4.63. The monoisotopic (exact) mass is 402 g/mol. The lowest BCUT2D eigenvalue weighted by atomic mass is 9.85. The van der Waals surface area contributed by atoms with E-state index in [9.17, 15) is 9.59 Å². The number of urea groups is 1. The smallest absolute Gasteiger partial charge is 0.327 e. The summed E-state index contributed by atoms with van der Waals surface area (Å²) in [5.41, 5.74) is 5.01. The number of hydrogen-bond acceptors (Lipinski definition) is 7. The summed E-state index contributed by atoms with van der Waals surface area (Å²) in [4.78, 5) is 40.6. The number of aromatic nitrogens is 2. The maximum atomic E-state index is 13.5. The lowest BCUT2D eigenvalue weighted by Crippen LogP contribution is -2.57. The number of nitrogen functional groups attached to an aromatic ring is 1. The molecule has 1 atom stereocenters. The summed E-state index contributed by atoms with van der Waals surface area (Å²) < 4.78 is 5.69. The average Bonchev–Trinajstić information content (AvgIpc) is 3.27. The van der Waals surface area contributed by atoms with Gasteiger partial charge in [0, 0.05) is 32.4 Å². The maximum Gasteiger partial charge on any atom is 0.327 e. The molecule has 0 saturated carbocycles. The molecule has 1 aromatic rings. The zero-order valence-corrected chi connectivity index (χ0v) is 17.2. The van der Waals surface area contributed by atoms with Crippen molar-refractivity contribution in [2.45, 2.75) is 51.2 Å². The van der Waals surface area contributed by atoms with E-state index in [1.54, 1.807) is 12.3 Å². The number of hydrogen-bond donors (Lipinski definition) is 1. The van der Waals surface area contributed by atoms with Crippen molar-refractivity contribution in [1.29, 1.82) is 0 Å². The Morgan fingerprint density at radius 2 is 2.07 bits per heavy atom. The van der Waals surface area contributed by atoms with Gasteiger partial charge in [-0.15, -0.1) is 0 Å². The normalized spacial score (nSPS) is 24.4. The number of carbonyl (C=O) groups excluding carboxylic acids is 2. The van der Waals surface area contributed by atoms with E-state index in [-0.39, 0.29) is 24.0 Å². The Labute approximate surface area is 171 Å². The number of piperidine rings is 1. The fourth-order valence-corrected chi connectivity index (χ4v) is 4.63. The lowest BCUT2D eigenvalue weighted by Gasteiger charge is -2.42. The molecule has 3 aliphatic rings. The molecule has 3 saturated heterocycles. The summed E-state index contributed by atoms with van der Waals surface area (Å²) in [7, 11) is 0. The van der Waals surface area contributed by atoms with Crippen molar-refractivity contribution in [3.63, 3.8) is 0 Å². The minimum atomic E-state index is -0.781. The molecule has 9 nitrogen and oxygen atoms in total. The summed E-state index contributed by atoms with van der Waals surface area (Å²) in [6.45, 7) is 6.98. The first-order chi connectivity index (χ1) is 13.9. The first-order valence-electron chi connectivity index (χ1n) is 10.5. The van der Waals surface area contributed by atoms with Crippen LogP contribution in [0.2, 0.25) is 0 Å². The van der Waals surface area contributed by atoms with E-state index in [0.717, 1.165) is 12.8 Å². The van der Waals surface area contributed by atoms with Gasteiger partial charge < -0.3 is 20.3 Å². The number of nitrogens with two attached hydrogens (primary N) is 1. The third-order valence-electron chi connectivity index (χ3n) is 6.12. The van der Waals surface area contributed by atoms with Gasteiger partial charge in [0.05, 0.1) is 12.6 Å². The fraction of sp³-hybridized carbons (Fsp3) is 0.700. The molecule has 1 aromatic heterocycles. The van der Waals surface area contributed by atoms with Crippen molar-refractivity contribution in [1.82, 2.24) is 19.8 Å². The van der Waals surface area contributed by atoms with Gasteiger partial charge in [0.2, 0.25) is 5.95 Å². The predicted octanol–water partition coefficient (Wildman–Crippen LogP) is 1.50. The van der Waals surface area contributed by atoms with Crippen LogP contribution in [-0.4, -0.2) is 76.1 Å². The van der Waals surface area contributed by atoms with E-state index in [1.807, 2.05) is 9.80 Å². The van der Waals surface area contributed by atoms with E-state index in [4.69, 9.17) is 10.5 Å². The van der Waals surface area contributed by atoms with Gasteiger partial charge in [-0.3, -0.25) is 9.69 Å². The highest BCUT2D eigenvalue weighted by atomic mass is 16.5. The summed E-state index contributed by atoms with van der Waals surface area (Å²) in [5, 5.41) is 0. The minimum absolute atomic E-state index is 0.0419. The second-order valence-corrected chi connectivity index (χ2v) is 8.64. The van der Waals surface area contributed by atoms with Crippen LogP contribution in [0.25, 0.3) is 0 Å². The van der Waals surface area contributed by atoms with Crippen molar-refractivity contribution < 1.29 is 14.3 Å². The summed E-state index contributed by atoms with van der Waals surface area (Å²) >= 11 is 0. The molecule has 3 fully saturated rings. The minimum Gasteiger partial charge on any atom is -0.384 e. The molecule has 0 radical (unpaired) electrons. The van der Waals surface area contributed by atoms with Gasteiger partial charge in [-0.2, -0.15) is 4.98 Å². The van der Waals surface area contributed by atoms with Gasteiger partial charge in [-0.05, 0) is 37.7 Å². The Morgan fingerprint density at radius 3 is 2.69 bits per heavy atom. The molecule has 29 heavy (non-hydrogen) atoms. The molecule has 158 valence electrons. The number of nitrogens with zero attached hydrogens (tertiary/aromatic N) is 5. The van der Waals surface area contributed by atoms with Crippen molar-refractivity contribution in [3.05, 3.63) is 12.3 Å². The molecule has 0 bridgehead atoms. The van der Waals surface area contributed by atoms with Crippen LogP contribution in [0.4, 0.5) is 16.6 Å². The third-order valence-corrected chi connectivity index (χ3v) is 6.12. The van der Waals surface area contributed by atoms with Crippen molar-refractivity contribution in [2.75, 3.05) is 43.4 Å². The van der Waals surface area contributed by atoms with E-state index in [2.05, 4.69) is 23.8 Å². The third kappa shape index (κ3) is 3.63. The molecule has 2 N–H and O–H groups in total. The summed E-state index contributed by atoms with van der Waals surface area (Å²) in [6, 6.07) is 1.48. The second-order valence-electron chi connectivity index (χ2n) is 8.64. The van der Waals surface area contributed by atoms with Crippen molar-refractivity contribution in [2.24, 2.45) is 5.92 Å². The largest absolute Gasteiger partial charge is 0.384 e. The van der Waals surface area contributed by atoms with Gasteiger partial charge in [-0.25, -0.2) is 9.78 Å². The Hall–Kier alpha value is -2.42. The molecule has 3 amide bonds. The highest BCUT2D eigenvalue weighted by Gasteiger charge is 2.58. The molecule has 1 unspecified atom stereocenters. The number of rotatable bonds is 5. The van der Waals surface area contributed by atoms with E-state index < -0.39 is 5.54 Å². The van der Waals surface area contributed by atoms with E-state index in [0.29, 0.717) is 57.4 Å². The molecule has 1 spiro atoms. The van der Waals surface area contributed by atoms with Crippen molar-refractivity contribution >= 4 is 23.7 Å². The zero-order valence-electron chi connectivity index (χ0n) is 17.2. The Balaban J connectivity index is 1.54. The van der Waals surface area contributed by atoms with E-state index >= 15 is 0 Å². The van der Waals surface area contributed by atoms with Gasteiger partial charge in [0.25, 0.3) is 5.91 Å². The SMILES string of the molecule is CC(C)CN1C(=O)N(CC2CCCO2)C(=O)C12CCN(c1nccc(N)n1)CC2. The maximum absolute atomic E-state index is 13.5. The second kappa shape index (κ2) is 7.78. The highest BCUT2D eigenvalue weighted by Crippen LogP contribution is 2.39. The number of ether oxygens (including phenoxy) is 1. The first-order valence-corrected chi connectivity index (χ1v) is 10.5. The molecule has 0 aliphatic carbocycles. The highest BCUT2D eigenvalue weighted by molar-refractivity contribution is 6.07. The number of carbonyl (C=O) groups is 2.